The highest BCUT2D eigenvalue weighted by Crippen LogP contribution is 2.35. The topological polar surface area (TPSA) is 84.5 Å². The molecule has 9 heteroatoms. The molecule has 4 heterocycles. The molecule has 5 rings (SSSR count). The average molecular weight is 380 g/mol. The van der Waals surface area contributed by atoms with E-state index in [1.54, 1.807) is 17.8 Å². The van der Waals surface area contributed by atoms with Crippen LogP contribution in [0.3, 0.4) is 0 Å². The first-order chi connectivity index (χ1) is 13.6. The number of fused-ring (bicyclic) bond motifs is 1. The van der Waals surface area contributed by atoms with Crippen LogP contribution < -0.4 is 10.5 Å². The standard InChI is InChI=1S/C19H24N8O/c1-24(9-14-10-25(2)18(28)8-20-14)15-11-26(12-15)17-7-6-16-21-22-19(27(16)23-17)13-4-3-5-13/h6-8,10,13,15H,3-5,9,11-12H2,1-2H3. The molecule has 2 aliphatic rings. The van der Waals surface area contributed by atoms with Crippen LogP contribution in [0.2, 0.25) is 0 Å². The van der Waals surface area contributed by atoms with Gasteiger partial charge in [-0.1, -0.05) is 6.42 Å². The van der Waals surface area contributed by atoms with E-state index in [1.807, 2.05) is 16.6 Å². The first kappa shape index (κ1) is 17.3. The number of hydrogen-bond acceptors (Lipinski definition) is 7. The van der Waals surface area contributed by atoms with Crippen LogP contribution in [-0.2, 0) is 13.6 Å². The van der Waals surface area contributed by atoms with Gasteiger partial charge in [0.2, 0.25) is 0 Å². The Bertz CT molecular complexity index is 1060. The maximum Gasteiger partial charge on any atom is 0.268 e. The Morgan fingerprint density at radius 1 is 1.21 bits per heavy atom. The van der Waals surface area contributed by atoms with Crippen LogP contribution >= 0.6 is 0 Å². The van der Waals surface area contributed by atoms with Gasteiger partial charge >= 0.3 is 0 Å². The van der Waals surface area contributed by atoms with Gasteiger partial charge < -0.3 is 9.47 Å². The van der Waals surface area contributed by atoms with Crippen LogP contribution in [0.4, 0.5) is 5.82 Å². The molecule has 1 saturated heterocycles. The third-order valence-electron chi connectivity index (χ3n) is 6.00. The van der Waals surface area contributed by atoms with E-state index in [1.165, 1.54) is 25.5 Å². The van der Waals surface area contributed by atoms with Gasteiger partial charge in [0.15, 0.2) is 11.5 Å². The minimum absolute atomic E-state index is 0.0852. The molecule has 1 saturated carbocycles. The molecule has 146 valence electrons. The molecule has 0 N–H and O–H groups in total. The van der Waals surface area contributed by atoms with Crippen molar-refractivity contribution in [3.63, 3.8) is 0 Å². The Balaban J connectivity index is 1.25. The van der Waals surface area contributed by atoms with Gasteiger partial charge in [-0.25, -0.2) is 0 Å². The lowest BCUT2D eigenvalue weighted by Gasteiger charge is -2.44. The molecule has 3 aromatic heterocycles. The zero-order chi connectivity index (χ0) is 19.3. The van der Waals surface area contributed by atoms with Gasteiger partial charge in [-0.3, -0.25) is 14.7 Å². The van der Waals surface area contributed by atoms with Gasteiger partial charge in [-0.05, 0) is 32.0 Å². The van der Waals surface area contributed by atoms with Crippen LogP contribution in [0.15, 0.2) is 29.3 Å². The van der Waals surface area contributed by atoms with E-state index in [2.05, 4.69) is 32.0 Å². The summed E-state index contributed by atoms with van der Waals surface area (Å²) in [5.41, 5.74) is 1.63. The summed E-state index contributed by atoms with van der Waals surface area (Å²) in [5.74, 6) is 2.47. The monoisotopic (exact) mass is 380 g/mol. The van der Waals surface area contributed by atoms with Crippen molar-refractivity contribution in [2.75, 3.05) is 25.0 Å². The number of aryl methyl sites for hydroxylation is 1. The van der Waals surface area contributed by atoms with Crippen molar-refractivity contribution >= 4 is 11.5 Å². The van der Waals surface area contributed by atoms with Gasteiger partial charge in [0.05, 0.1) is 11.9 Å². The van der Waals surface area contributed by atoms with Gasteiger partial charge in [-0.15, -0.1) is 15.3 Å². The first-order valence-electron chi connectivity index (χ1n) is 9.77. The van der Waals surface area contributed by atoms with E-state index in [0.717, 1.165) is 42.6 Å². The second-order valence-corrected chi connectivity index (χ2v) is 7.95. The maximum atomic E-state index is 11.5. The van der Waals surface area contributed by atoms with Crippen molar-refractivity contribution in [2.45, 2.75) is 37.8 Å². The third kappa shape index (κ3) is 2.95. The number of likely N-dealkylation sites (N-methyl/N-ethyl adjacent to an activating group) is 1. The number of anilines is 1. The molecule has 3 aromatic rings. The smallest absolute Gasteiger partial charge is 0.268 e. The number of aromatic nitrogens is 6. The summed E-state index contributed by atoms with van der Waals surface area (Å²) < 4.78 is 3.49. The van der Waals surface area contributed by atoms with E-state index in [4.69, 9.17) is 5.10 Å². The van der Waals surface area contributed by atoms with Crippen molar-refractivity contribution in [3.8, 4) is 0 Å². The summed E-state index contributed by atoms with van der Waals surface area (Å²) in [6.45, 7) is 2.56. The Kier molecular flexibility index (Phi) is 4.12. The third-order valence-corrected chi connectivity index (χ3v) is 6.00. The Morgan fingerprint density at radius 3 is 2.75 bits per heavy atom. The summed E-state index contributed by atoms with van der Waals surface area (Å²) in [4.78, 5) is 20.3. The molecule has 0 bridgehead atoms. The Labute approximate surface area is 162 Å². The molecule has 9 nitrogen and oxygen atoms in total. The SMILES string of the molecule is CN(Cc1cn(C)c(=O)cn1)C1CN(c2ccc3nnc(C4CCC4)n3n2)C1. The van der Waals surface area contributed by atoms with Crippen LogP contribution in [0.5, 0.6) is 0 Å². The highest BCUT2D eigenvalue weighted by Gasteiger charge is 2.32. The lowest BCUT2D eigenvalue weighted by molar-refractivity contribution is 0.194. The number of rotatable bonds is 5. The fourth-order valence-corrected chi connectivity index (χ4v) is 3.82. The van der Waals surface area contributed by atoms with Gasteiger partial charge in [-0.2, -0.15) is 4.52 Å². The molecule has 0 spiro atoms. The molecular weight excluding hydrogens is 356 g/mol. The lowest BCUT2D eigenvalue weighted by atomic mass is 9.85. The summed E-state index contributed by atoms with van der Waals surface area (Å²) in [5, 5.41) is 13.4. The lowest BCUT2D eigenvalue weighted by Crippen LogP contribution is -2.58. The minimum atomic E-state index is -0.0852. The number of hydrogen-bond donors (Lipinski definition) is 0. The molecule has 0 amide bonds. The van der Waals surface area contributed by atoms with Crippen molar-refractivity contribution in [2.24, 2.45) is 7.05 Å². The molecule has 28 heavy (non-hydrogen) atoms. The van der Waals surface area contributed by atoms with Crippen LogP contribution in [0, 0.1) is 0 Å². The average Bonchev–Trinajstić information content (AvgIpc) is 2.99. The Hall–Kier alpha value is -2.81. The summed E-state index contributed by atoms with van der Waals surface area (Å²) >= 11 is 0. The molecule has 1 aliphatic heterocycles. The zero-order valence-electron chi connectivity index (χ0n) is 16.2. The molecular formula is C19H24N8O. The molecule has 2 fully saturated rings. The highest BCUT2D eigenvalue weighted by molar-refractivity contribution is 5.48. The molecule has 0 unspecified atom stereocenters. The largest absolute Gasteiger partial charge is 0.352 e. The predicted molar refractivity (Wildman–Crippen MR) is 104 cm³/mol. The van der Waals surface area contributed by atoms with E-state index in [9.17, 15) is 4.79 Å². The van der Waals surface area contributed by atoms with Crippen molar-refractivity contribution < 1.29 is 0 Å². The van der Waals surface area contributed by atoms with E-state index in [0.29, 0.717) is 12.0 Å². The van der Waals surface area contributed by atoms with E-state index < -0.39 is 0 Å². The van der Waals surface area contributed by atoms with Crippen LogP contribution in [-0.4, -0.2) is 60.4 Å². The van der Waals surface area contributed by atoms with Crippen LogP contribution in [0.25, 0.3) is 5.65 Å². The molecule has 0 atom stereocenters. The van der Waals surface area contributed by atoms with E-state index >= 15 is 0 Å². The maximum absolute atomic E-state index is 11.5. The second-order valence-electron chi connectivity index (χ2n) is 7.95. The van der Waals surface area contributed by atoms with Gasteiger partial charge in [0.1, 0.15) is 5.82 Å². The second kappa shape index (κ2) is 6.66. The number of nitrogens with zero attached hydrogens (tertiary/aromatic N) is 8. The molecule has 0 aromatic carbocycles. The first-order valence-corrected chi connectivity index (χ1v) is 9.77. The molecule has 0 radical (unpaired) electrons. The quantitative estimate of drug-likeness (QED) is 0.647. The van der Waals surface area contributed by atoms with Crippen molar-refractivity contribution in [1.82, 2.24) is 34.3 Å². The molecule has 1 aliphatic carbocycles. The minimum Gasteiger partial charge on any atom is -0.352 e. The van der Waals surface area contributed by atoms with Crippen molar-refractivity contribution in [3.05, 3.63) is 46.4 Å². The van der Waals surface area contributed by atoms with Crippen LogP contribution in [0.1, 0.15) is 36.7 Å². The van der Waals surface area contributed by atoms with Crippen molar-refractivity contribution in [1.29, 1.82) is 0 Å². The normalized spacial score (nSPS) is 17.9. The highest BCUT2D eigenvalue weighted by atomic mass is 16.1. The fourth-order valence-electron chi connectivity index (χ4n) is 3.82. The summed E-state index contributed by atoms with van der Waals surface area (Å²) in [6, 6.07) is 4.46. The van der Waals surface area contributed by atoms with Gasteiger partial charge in [0, 0.05) is 44.8 Å². The van der Waals surface area contributed by atoms with Gasteiger partial charge in [0.25, 0.3) is 5.56 Å². The van der Waals surface area contributed by atoms with E-state index in [-0.39, 0.29) is 5.56 Å². The zero-order valence-corrected chi connectivity index (χ0v) is 16.2. The fraction of sp³-hybridized carbons (Fsp3) is 0.526. The summed E-state index contributed by atoms with van der Waals surface area (Å²) in [6.07, 6.45) is 6.82. The summed E-state index contributed by atoms with van der Waals surface area (Å²) in [7, 11) is 3.85. The Morgan fingerprint density at radius 2 is 2.04 bits per heavy atom. The predicted octanol–water partition coefficient (Wildman–Crippen LogP) is 0.806.